The van der Waals surface area contributed by atoms with Crippen LogP contribution in [0.3, 0.4) is 0 Å². The zero-order valence-electron chi connectivity index (χ0n) is 22.2. The molecular weight excluding hydrogens is 506 g/mol. The smallest absolute Gasteiger partial charge is 0.264 e. The third kappa shape index (κ3) is 6.44. The van der Waals surface area contributed by atoms with Crippen LogP contribution in [0, 0.1) is 6.92 Å². The Morgan fingerprint density at radius 3 is 2.21 bits per heavy atom. The van der Waals surface area contributed by atoms with Gasteiger partial charge in [-0.3, -0.25) is 13.9 Å². The van der Waals surface area contributed by atoms with Gasteiger partial charge in [-0.1, -0.05) is 48.0 Å². The fourth-order valence-electron chi connectivity index (χ4n) is 4.03. The molecule has 0 spiro atoms. The van der Waals surface area contributed by atoms with E-state index in [1.165, 1.54) is 44.4 Å². The highest BCUT2D eigenvalue weighted by atomic mass is 32.2. The molecule has 0 saturated carbocycles. The number of nitrogens with zero attached hydrogens (tertiary/aromatic N) is 2. The molecule has 10 heteroatoms. The first-order chi connectivity index (χ1) is 18.1. The molecule has 0 bridgehead atoms. The van der Waals surface area contributed by atoms with Crippen molar-refractivity contribution in [3.8, 4) is 11.5 Å². The van der Waals surface area contributed by atoms with E-state index in [1.54, 1.807) is 37.3 Å². The number of methoxy groups -OCH3 is 2. The molecule has 0 radical (unpaired) electrons. The number of anilines is 1. The molecule has 0 aliphatic heterocycles. The molecule has 0 saturated heterocycles. The van der Waals surface area contributed by atoms with Crippen molar-refractivity contribution in [1.29, 1.82) is 0 Å². The predicted molar refractivity (Wildman–Crippen MR) is 146 cm³/mol. The van der Waals surface area contributed by atoms with E-state index in [0.717, 1.165) is 15.4 Å². The summed E-state index contributed by atoms with van der Waals surface area (Å²) in [6.07, 6.45) is 0. The molecule has 3 rings (SSSR count). The summed E-state index contributed by atoms with van der Waals surface area (Å²) >= 11 is 0. The molecule has 2 amide bonds. The minimum Gasteiger partial charge on any atom is -0.493 e. The second-order valence-electron chi connectivity index (χ2n) is 8.66. The highest BCUT2D eigenvalue weighted by molar-refractivity contribution is 7.92. The number of rotatable bonds is 11. The molecule has 38 heavy (non-hydrogen) atoms. The Labute approximate surface area is 224 Å². The Morgan fingerprint density at radius 2 is 1.61 bits per heavy atom. The molecular formula is C28H33N3O6S. The van der Waals surface area contributed by atoms with Gasteiger partial charge in [-0.15, -0.1) is 0 Å². The maximum absolute atomic E-state index is 13.9. The van der Waals surface area contributed by atoms with Gasteiger partial charge < -0.3 is 19.7 Å². The van der Waals surface area contributed by atoms with Crippen LogP contribution in [-0.2, 0) is 26.2 Å². The summed E-state index contributed by atoms with van der Waals surface area (Å²) in [6.45, 7) is 3.16. The molecule has 0 heterocycles. The molecule has 0 aliphatic rings. The average Bonchev–Trinajstić information content (AvgIpc) is 2.93. The molecule has 0 fully saturated rings. The minimum atomic E-state index is -4.22. The number of hydrogen-bond donors (Lipinski definition) is 1. The third-order valence-electron chi connectivity index (χ3n) is 6.12. The van der Waals surface area contributed by atoms with Crippen LogP contribution < -0.4 is 19.1 Å². The van der Waals surface area contributed by atoms with Crippen LogP contribution >= 0.6 is 0 Å². The van der Waals surface area contributed by atoms with Gasteiger partial charge in [-0.2, -0.15) is 0 Å². The molecule has 202 valence electrons. The van der Waals surface area contributed by atoms with E-state index in [4.69, 9.17) is 9.47 Å². The van der Waals surface area contributed by atoms with E-state index < -0.39 is 28.5 Å². The second-order valence-corrected chi connectivity index (χ2v) is 10.5. The summed E-state index contributed by atoms with van der Waals surface area (Å²) in [5.41, 5.74) is 2.13. The number of amides is 2. The van der Waals surface area contributed by atoms with Gasteiger partial charge in [-0.05, 0) is 43.7 Å². The minimum absolute atomic E-state index is 0.0728. The van der Waals surface area contributed by atoms with Gasteiger partial charge in [0.1, 0.15) is 12.6 Å². The van der Waals surface area contributed by atoms with Gasteiger partial charge in [0, 0.05) is 19.7 Å². The Bertz CT molecular complexity index is 1380. The molecule has 0 aliphatic carbocycles. The first kappa shape index (κ1) is 28.5. The Balaban J connectivity index is 2.04. The highest BCUT2D eigenvalue weighted by Gasteiger charge is 2.32. The predicted octanol–water partition coefficient (Wildman–Crippen LogP) is 3.37. The summed E-state index contributed by atoms with van der Waals surface area (Å²) in [6, 6.07) is 19.3. The van der Waals surface area contributed by atoms with Gasteiger partial charge in [0.15, 0.2) is 11.5 Å². The number of sulfonamides is 1. The summed E-state index contributed by atoms with van der Waals surface area (Å²) in [5.74, 6) is -0.282. The van der Waals surface area contributed by atoms with E-state index in [1.807, 2.05) is 31.2 Å². The summed E-state index contributed by atoms with van der Waals surface area (Å²) in [7, 11) is 0.139. The van der Waals surface area contributed by atoms with E-state index >= 15 is 0 Å². The fraction of sp³-hybridized carbons (Fsp3) is 0.286. The van der Waals surface area contributed by atoms with Crippen LogP contribution in [0.25, 0.3) is 0 Å². The van der Waals surface area contributed by atoms with E-state index in [-0.39, 0.29) is 23.1 Å². The molecule has 9 nitrogen and oxygen atoms in total. The maximum Gasteiger partial charge on any atom is 0.264 e. The number of nitrogens with one attached hydrogen (secondary N) is 1. The van der Waals surface area contributed by atoms with Crippen molar-refractivity contribution in [2.45, 2.75) is 31.3 Å². The summed E-state index contributed by atoms with van der Waals surface area (Å²) in [5, 5.41) is 2.57. The number of carbonyl (C=O) groups is 2. The molecule has 1 N–H and O–H groups in total. The van der Waals surface area contributed by atoms with Crippen LogP contribution in [0.15, 0.2) is 77.7 Å². The third-order valence-corrected chi connectivity index (χ3v) is 7.88. The number of ether oxygens (including phenoxy) is 2. The first-order valence-corrected chi connectivity index (χ1v) is 13.4. The topological polar surface area (TPSA) is 105 Å². The lowest BCUT2D eigenvalue weighted by molar-refractivity contribution is -0.139. The van der Waals surface area contributed by atoms with Crippen LogP contribution in [0.4, 0.5) is 5.69 Å². The van der Waals surface area contributed by atoms with Crippen LogP contribution in [0.1, 0.15) is 18.1 Å². The highest BCUT2D eigenvalue weighted by Crippen LogP contribution is 2.32. The Morgan fingerprint density at radius 1 is 0.921 bits per heavy atom. The van der Waals surface area contributed by atoms with Crippen LogP contribution in [0.5, 0.6) is 11.5 Å². The van der Waals surface area contributed by atoms with Gasteiger partial charge in [0.05, 0.1) is 24.8 Å². The SMILES string of the molecule is CNC(=O)[C@H](C)N(Cc1cccc(C)c1)C(=O)CN(c1ccccc1)S(=O)(=O)c1ccc(OC)c(OC)c1. The van der Waals surface area contributed by atoms with Crippen molar-refractivity contribution in [3.63, 3.8) is 0 Å². The van der Waals surface area contributed by atoms with Crippen molar-refractivity contribution >= 4 is 27.5 Å². The van der Waals surface area contributed by atoms with Crippen molar-refractivity contribution in [1.82, 2.24) is 10.2 Å². The maximum atomic E-state index is 13.9. The Kier molecular flexibility index (Phi) is 9.35. The summed E-state index contributed by atoms with van der Waals surface area (Å²) in [4.78, 5) is 27.6. The number of aryl methyl sites for hydroxylation is 1. The van der Waals surface area contributed by atoms with E-state index in [2.05, 4.69) is 5.32 Å². The van der Waals surface area contributed by atoms with Gasteiger partial charge in [0.25, 0.3) is 10.0 Å². The average molecular weight is 540 g/mol. The van der Waals surface area contributed by atoms with Crippen LogP contribution in [-0.4, -0.2) is 59.0 Å². The molecule has 3 aromatic carbocycles. The lowest BCUT2D eigenvalue weighted by Gasteiger charge is -2.32. The molecule has 0 aromatic heterocycles. The van der Waals surface area contributed by atoms with Crippen LogP contribution in [0.2, 0.25) is 0 Å². The molecule has 3 aromatic rings. The van der Waals surface area contributed by atoms with Crippen molar-refractivity contribution in [2.24, 2.45) is 0 Å². The molecule has 1 atom stereocenters. The van der Waals surface area contributed by atoms with E-state index in [9.17, 15) is 18.0 Å². The quantitative estimate of drug-likeness (QED) is 0.401. The van der Waals surface area contributed by atoms with Gasteiger partial charge in [-0.25, -0.2) is 8.42 Å². The number of carbonyl (C=O) groups excluding carboxylic acids is 2. The molecule has 0 unspecified atom stereocenters. The first-order valence-electron chi connectivity index (χ1n) is 12.0. The van der Waals surface area contributed by atoms with Crippen molar-refractivity contribution in [2.75, 3.05) is 32.1 Å². The zero-order chi connectivity index (χ0) is 27.9. The normalized spacial score (nSPS) is 11.8. The standard InChI is InChI=1S/C28H33N3O6S/c1-20-10-9-11-22(16-20)18-30(21(2)28(33)29-3)27(32)19-31(23-12-7-6-8-13-23)38(34,35)24-14-15-25(36-4)26(17-24)37-5/h6-17,21H,18-19H2,1-5H3,(H,29,33)/t21-/m0/s1. The van der Waals surface area contributed by atoms with E-state index in [0.29, 0.717) is 11.4 Å². The number of benzene rings is 3. The monoisotopic (exact) mass is 539 g/mol. The van der Waals surface area contributed by atoms with Gasteiger partial charge in [0.2, 0.25) is 11.8 Å². The number of likely N-dealkylation sites (N-methyl/N-ethyl adjacent to an activating group) is 1. The number of hydrogen-bond acceptors (Lipinski definition) is 6. The lowest BCUT2D eigenvalue weighted by Crippen LogP contribution is -2.50. The van der Waals surface area contributed by atoms with Crippen molar-refractivity contribution in [3.05, 3.63) is 83.9 Å². The van der Waals surface area contributed by atoms with Crippen molar-refractivity contribution < 1.29 is 27.5 Å². The lowest BCUT2D eigenvalue weighted by atomic mass is 10.1. The second kappa shape index (κ2) is 12.5. The fourth-order valence-corrected chi connectivity index (χ4v) is 5.46. The largest absolute Gasteiger partial charge is 0.493 e. The zero-order valence-corrected chi connectivity index (χ0v) is 23.0. The summed E-state index contributed by atoms with van der Waals surface area (Å²) < 4.78 is 39.4. The number of para-hydroxylation sites is 1. The van der Waals surface area contributed by atoms with Gasteiger partial charge >= 0.3 is 0 Å². The Hall–Kier alpha value is -4.05.